The molecule has 0 radical (unpaired) electrons. The van der Waals surface area contributed by atoms with Gasteiger partial charge in [-0.2, -0.15) is 0 Å². The van der Waals surface area contributed by atoms with E-state index in [1.165, 1.54) is 39.8 Å². The van der Waals surface area contributed by atoms with Gasteiger partial charge in [0.05, 0.1) is 37.1 Å². The Morgan fingerprint density at radius 3 is 1.82 bits per heavy atom. The second-order valence-electron chi connectivity index (χ2n) is 17.0. The number of aliphatic hydroxyl groups excluding tert-OH is 9. The van der Waals surface area contributed by atoms with E-state index < -0.39 is 166 Å². The average Bonchev–Trinajstić information content (AvgIpc) is 3.25. The molecular formula is C42H70O23. The van der Waals surface area contributed by atoms with Crippen molar-refractivity contribution in [1.82, 2.24) is 0 Å². The van der Waals surface area contributed by atoms with Gasteiger partial charge in [0.1, 0.15) is 48.8 Å². The minimum Gasteiger partial charge on any atom is -0.479 e. The third-order valence-corrected chi connectivity index (χ3v) is 11.9. The van der Waals surface area contributed by atoms with Crippen molar-refractivity contribution in [2.45, 2.75) is 205 Å². The van der Waals surface area contributed by atoms with Gasteiger partial charge in [-0.15, -0.1) is 0 Å². The van der Waals surface area contributed by atoms with Crippen LogP contribution in [0.25, 0.3) is 0 Å². The van der Waals surface area contributed by atoms with Gasteiger partial charge in [-0.05, 0) is 62.3 Å². The molecule has 0 aliphatic carbocycles. The van der Waals surface area contributed by atoms with Crippen molar-refractivity contribution in [1.29, 1.82) is 0 Å². The SMILES string of the molecule is C/C=C(/C)C(=O)OC1C(O)[C@H](OC(C)(C)C(C)C(C)O[C@H](OC(C)C(=O)O)C(CC(O)O[C@@H]2O[C@@H](CO)C(O)C[C@@H]2O)O[C@@H]2OC(CO)[C@H](O)C(O)C2O)OC(C)[C@@H]1OC(=O)/C(C)=C\C. The molecule has 0 saturated carbocycles. The van der Waals surface area contributed by atoms with Crippen molar-refractivity contribution >= 4 is 17.9 Å². The van der Waals surface area contributed by atoms with Gasteiger partial charge in [0.2, 0.25) is 0 Å². The summed E-state index contributed by atoms with van der Waals surface area (Å²) in [6.45, 7) is 13.8. The van der Waals surface area contributed by atoms with E-state index in [0.29, 0.717) is 0 Å². The zero-order valence-electron chi connectivity index (χ0n) is 38.3. The first-order valence-electron chi connectivity index (χ1n) is 21.5. The lowest BCUT2D eigenvalue weighted by molar-refractivity contribution is -0.354. The monoisotopic (exact) mass is 942 g/mol. The number of aliphatic carboxylic acids is 1. The lowest BCUT2D eigenvalue weighted by atomic mass is 9.87. The molecule has 3 aliphatic heterocycles. The van der Waals surface area contributed by atoms with Crippen molar-refractivity contribution in [2.75, 3.05) is 13.2 Å². The predicted octanol–water partition coefficient (Wildman–Crippen LogP) is -1.76. The Morgan fingerprint density at radius 2 is 1.28 bits per heavy atom. The Bertz CT molecular complexity index is 1590. The Hall–Kier alpha value is -2.79. The number of allylic oxidation sites excluding steroid dienone is 2. The molecule has 0 aromatic heterocycles. The van der Waals surface area contributed by atoms with Crippen LogP contribution in [0.15, 0.2) is 23.3 Å². The fourth-order valence-corrected chi connectivity index (χ4v) is 6.96. The Labute approximate surface area is 377 Å². The number of carboxylic acid groups (broad SMARTS) is 1. The van der Waals surface area contributed by atoms with Crippen LogP contribution in [-0.4, -0.2) is 205 Å². The van der Waals surface area contributed by atoms with Crippen LogP contribution in [0.2, 0.25) is 0 Å². The second-order valence-corrected chi connectivity index (χ2v) is 17.0. The van der Waals surface area contributed by atoms with E-state index in [9.17, 15) is 65.4 Å². The summed E-state index contributed by atoms with van der Waals surface area (Å²) in [5, 5.41) is 105. The molecule has 0 aromatic rings. The molecule has 3 saturated heterocycles. The Kier molecular flexibility index (Phi) is 21.7. The highest BCUT2D eigenvalue weighted by molar-refractivity contribution is 5.88. The average molecular weight is 943 g/mol. The molecule has 23 nitrogen and oxygen atoms in total. The van der Waals surface area contributed by atoms with Crippen LogP contribution >= 0.6 is 0 Å². The second kappa shape index (κ2) is 25.0. The minimum absolute atomic E-state index is 0.209. The maximum Gasteiger partial charge on any atom is 0.333 e. The summed E-state index contributed by atoms with van der Waals surface area (Å²) in [4.78, 5) is 38.0. The normalized spacial score (nSPS) is 35.6. The van der Waals surface area contributed by atoms with Crippen molar-refractivity contribution in [3.8, 4) is 0 Å². The van der Waals surface area contributed by atoms with Gasteiger partial charge in [-0.1, -0.05) is 19.1 Å². The van der Waals surface area contributed by atoms with Crippen molar-refractivity contribution < 1.29 is 113 Å². The predicted molar refractivity (Wildman–Crippen MR) is 219 cm³/mol. The highest BCUT2D eigenvalue weighted by Gasteiger charge is 2.52. The van der Waals surface area contributed by atoms with Gasteiger partial charge < -0.3 is 98.4 Å². The fourth-order valence-electron chi connectivity index (χ4n) is 6.96. The van der Waals surface area contributed by atoms with Gasteiger partial charge in [0.15, 0.2) is 49.8 Å². The molecule has 12 unspecified atom stereocenters. The number of hydrogen-bond donors (Lipinski definition) is 10. The molecule has 0 bridgehead atoms. The van der Waals surface area contributed by atoms with Gasteiger partial charge in [-0.3, -0.25) is 0 Å². The van der Waals surface area contributed by atoms with E-state index in [2.05, 4.69) is 0 Å². The lowest BCUT2D eigenvalue weighted by Crippen LogP contribution is -2.62. The maximum atomic E-state index is 13.0. The van der Waals surface area contributed by atoms with Crippen LogP contribution in [-0.2, 0) is 61.8 Å². The molecule has 65 heavy (non-hydrogen) atoms. The Balaban J connectivity index is 1.96. The number of carbonyl (C=O) groups excluding carboxylic acids is 2. The molecule has 0 amide bonds. The highest BCUT2D eigenvalue weighted by atomic mass is 16.8. The summed E-state index contributed by atoms with van der Waals surface area (Å²) in [6, 6.07) is 0. The molecule has 0 spiro atoms. The van der Waals surface area contributed by atoms with E-state index in [4.69, 9.17) is 47.4 Å². The zero-order valence-corrected chi connectivity index (χ0v) is 38.3. The number of aliphatic hydroxyl groups is 9. The molecule has 0 aromatic carbocycles. The smallest absolute Gasteiger partial charge is 0.333 e. The van der Waals surface area contributed by atoms with Gasteiger partial charge >= 0.3 is 17.9 Å². The van der Waals surface area contributed by atoms with Gasteiger partial charge in [0, 0.05) is 29.9 Å². The van der Waals surface area contributed by atoms with Crippen LogP contribution < -0.4 is 0 Å². The Morgan fingerprint density at radius 1 is 0.723 bits per heavy atom. The minimum atomic E-state index is -1.99. The number of esters is 2. The van der Waals surface area contributed by atoms with Crippen LogP contribution in [0.3, 0.4) is 0 Å². The summed E-state index contributed by atoms with van der Waals surface area (Å²) >= 11 is 0. The van der Waals surface area contributed by atoms with Crippen molar-refractivity contribution in [3.63, 3.8) is 0 Å². The summed E-state index contributed by atoms with van der Waals surface area (Å²) in [7, 11) is 0. The largest absolute Gasteiger partial charge is 0.479 e. The summed E-state index contributed by atoms with van der Waals surface area (Å²) in [6.07, 6.45) is -27.9. The lowest BCUT2D eigenvalue weighted by Gasteiger charge is -2.46. The number of carboxylic acids is 1. The fraction of sp³-hybridized carbons (Fsp3) is 0.833. The molecule has 3 aliphatic rings. The van der Waals surface area contributed by atoms with E-state index in [1.807, 2.05) is 0 Å². The molecule has 20 atom stereocenters. The van der Waals surface area contributed by atoms with E-state index in [-0.39, 0.29) is 17.6 Å². The van der Waals surface area contributed by atoms with Crippen LogP contribution in [0.1, 0.15) is 82.1 Å². The first kappa shape index (κ1) is 56.5. The quantitative estimate of drug-likeness (QED) is 0.0326. The molecule has 3 heterocycles. The van der Waals surface area contributed by atoms with Crippen molar-refractivity contribution in [3.05, 3.63) is 23.3 Å². The third-order valence-electron chi connectivity index (χ3n) is 11.9. The number of rotatable bonds is 22. The number of hydrogen-bond acceptors (Lipinski definition) is 22. The molecule has 376 valence electrons. The zero-order chi connectivity index (χ0) is 49.2. The first-order chi connectivity index (χ1) is 30.3. The summed E-state index contributed by atoms with van der Waals surface area (Å²) in [5.41, 5.74) is -0.897. The molecule has 23 heteroatoms. The molecule has 10 N–H and O–H groups in total. The van der Waals surface area contributed by atoms with Crippen LogP contribution in [0, 0.1) is 5.92 Å². The van der Waals surface area contributed by atoms with Gasteiger partial charge in [0.25, 0.3) is 0 Å². The van der Waals surface area contributed by atoms with Gasteiger partial charge in [-0.25, -0.2) is 14.4 Å². The van der Waals surface area contributed by atoms with Crippen LogP contribution in [0.5, 0.6) is 0 Å². The van der Waals surface area contributed by atoms with E-state index in [1.54, 1.807) is 34.6 Å². The number of carbonyl (C=O) groups is 3. The number of ether oxygens (including phenoxy) is 10. The molecular weight excluding hydrogens is 872 g/mol. The topological polar surface area (TPSA) is 346 Å². The highest BCUT2D eigenvalue weighted by Crippen LogP contribution is 2.36. The molecule has 3 fully saturated rings. The standard InChI is InChI=1S/C42H70O23/c1-11-17(3)36(54)63-33-21(7)57-41(32(51)34(33)64-37(55)18(4)12-2)65-42(9,10)19(5)20(6)56-39(58-22(8)35(52)53)25(59-40-31(50)30(49)29(48)27(16-44)61-40)14-28(47)62-38-24(46)13-23(45)26(15-43)60-38/h11-12,19-34,38-41,43-51H,13-16H2,1-10H3,(H,52,53)/b17-11-,18-12-/t19?,20?,21?,22?,23?,24-,25?,26-,27?,28?,29-,30?,31?,32?,33-,34?,38-,39+,40+,41-/m0/s1. The summed E-state index contributed by atoms with van der Waals surface area (Å²) < 4.78 is 58.3. The first-order valence-corrected chi connectivity index (χ1v) is 21.5. The molecule has 3 rings (SSSR count). The van der Waals surface area contributed by atoms with Crippen molar-refractivity contribution in [2.24, 2.45) is 5.92 Å². The van der Waals surface area contributed by atoms with Crippen LogP contribution in [0.4, 0.5) is 0 Å². The van der Waals surface area contributed by atoms with E-state index in [0.717, 1.165) is 6.92 Å². The maximum absolute atomic E-state index is 13.0. The van der Waals surface area contributed by atoms with E-state index >= 15 is 0 Å². The third kappa shape index (κ3) is 14.9. The summed E-state index contributed by atoms with van der Waals surface area (Å²) in [5.74, 6) is -3.78.